The summed E-state index contributed by atoms with van der Waals surface area (Å²) in [5.41, 5.74) is 2.08. The summed E-state index contributed by atoms with van der Waals surface area (Å²) in [4.78, 5) is 16.5. The van der Waals surface area contributed by atoms with Crippen LogP contribution in [0.4, 0.5) is 11.8 Å². The lowest BCUT2D eigenvalue weighted by molar-refractivity contribution is 0.184. The fourth-order valence-corrected chi connectivity index (χ4v) is 2.95. The highest BCUT2D eigenvalue weighted by Crippen LogP contribution is 2.20. The first-order chi connectivity index (χ1) is 10.0. The van der Waals surface area contributed by atoms with Gasteiger partial charge in [0, 0.05) is 37.8 Å². The molecule has 0 aliphatic heterocycles. The molecule has 2 rings (SSSR count). The monoisotopic (exact) mass is 307 g/mol. The first kappa shape index (κ1) is 15.7. The van der Waals surface area contributed by atoms with Gasteiger partial charge in [-0.15, -0.1) is 11.3 Å². The number of nitrogens with one attached hydrogen (secondary N) is 1. The van der Waals surface area contributed by atoms with Crippen molar-refractivity contribution in [2.24, 2.45) is 0 Å². The number of rotatable bonds is 6. The molecule has 7 heteroatoms. The van der Waals surface area contributed by atoms with E-state index in [4.69, 9.17) is 4.74 Å². The fraction of sp³-hybridized carbons (Fsp3) is 0.500. The number of aryl methyl sites for hydroxylation is 2. The maximum atomic E-state index is 5.11. The second-order valence-corrected chi connectivity index (χ2v) is 6.17. The third-order valence-corrected chi connectivity index (χ3v) is 4.11. The molecule has 0 bridgehead atoms. The second-order valence-electron chi connectivity index (χ2n) is 5.00. The molecule has 0 aliphatic carbocycles. The number of thiazole rings is 1. The maximum absolute atomic E-state index is 5.11. The van der Waals surface area contributed by atoms with E-state index in [1.807, 2.05) is 39.0 Å². The smallest absolute Gasteiger partial charge is 0.224 e. The number of nitrogens with zero attached hydrogens (tertiary/aromatic N) is 4. The van der Waals surface area contributed by atoms with Gasteiger partial charge in [-0.25, -0.2) is 9.97 Å². The van der Waals surface area contributed by atoms with E-state index in [9.17, 15) is 0 Å². The van der Waals surface area contributed by atoms with Gasteiger partial charge in [-0.05, 0) is 13.8 Å². The summed E-state index contributed by atoms with van der Waals surface area (Å²) in [5, 5.41) is 4.25. The van der Waals surface area contributed by atoms with E-state index in [1.54, 1.807) is 18.4 Å². The molecule has 114 valence electrons. The second kappa shape index (κ2) is 6.82. The van der Waals surface area contributed by atoms with Crippen LogP contribution in [0.3, 0.4) is 0 Å². The minimum absolute atomic E-state index is 0.553. The standard InChI is InChI=1S/C14H21N5OS/c1-9-6-15-14(18-13(9)19(3)4)16-7-11-10(2)17-12(21-11)8-20-5/h6H,7-8H2,1-5H3,(H,15,16,18). The Balaban J connectivity index is 2.07. The molecule has 2 heterocycles. The van der Waals surface area contributed by atoms with Crippen molar-refractivity contribution in [3.63, 3.8) is 0 Å². The van der Waals surface area contributed by atoms with Gasteiger partial charge in [0.25, 0.3) is 0 Å². The average molecular weight is 307 g/mol. The van der Waals surface area contributed by atoms with Gasteiger partial charge >= 0.3 is 0 Å². The number of aromatic nitrogens is 3. The van der Waals surface area contributed by atoms with Gasteiger partial charge < -0.3 is 15.0 Å². The molecule has 0 fully saturated rings. The molecule has 6 nitrogen and oxygen atoms in total. The van der Waals surface area contributed by atoms with Crippen LogP contribution >= 0.6 is 11.3 Å². The number of hydrogen-bond donors (Lipinski definition) is 1. The third kappa shape index (κ3) is 3.89. The molecule has 0 aliphatic rings. The van der Waals surface area contributed by atoms with Crippen molar-refractivity contribution in [1.82, 2.24) is 15.0 Å². The summed E-state index contributed by atoms with van der Waals surface area (Å²) in [6, 6.07) is 0. The first-order valence-electron chi connectivity index (χ1n) is 6.70. The van der Waals surface area contributed by atoms with Crippen molar-refractivity contribution in [3.05, 3.63) is 27.3 Å². The van der Waals surface area contributed by atoms with E-state index >= 15 is 0 Å². The van der Waals surface area contributed by atoms with Crippen molar-refractivity contribution in [2.75, 3.05) is 31.4 Å². The van der Waals surface area contributed by atoms with Crippen LogP contribution in [0.25, 0.3) is 0 Å². The highest BCUT2D eigenvalue weighted by atomic mass is 32.1. The third-order valence-electron chi connectivity index (χ3n) is 2.98. The molecule has 0 atom stereocenters. The highest BCUT2D eigenvalue weighted by Gasteiger charge is 2.09. The zero-order chi connectivity index (χ0) is 15.4. The van der Waals surface area contributed by atoms with Crippen LogP contribution in [0.5, 0.6) is 0 Å². The molecule has 2 aromatic rings. The molecule has 0 aromatic carbocycles. The molecule has 0 saturated carbocycles. The lowest BCUT2D eigenvalue weighted by Gasteiger charge is -2.15. The number of anilines is 2. The van der Waals surface area contributed by atoms with Crippen LogP contribution in [0.2, 0.25) is 0 Å². The van der Waals surface area contributed by atoms with Crippen molar-refractivity contribution >= 4 is 23.1 Å². The van der Waals surface area contributed by atoms with Crippen molar-refractivity contribution < 1.29 is 4.74 Å². The molecular formula is C14H21N5OS. The normalized spacial score (nSPS) is 10.7. The minimum Gasteiger partial charge on any atom is -0.378 e. The van der Waals surface area contributed by atoms with E-state index in [2.05, 4.69) is 20.3 Å². The van der Waals surface area contributed by atoms with Gasteiger partial charge in [-0.1, -0.05) is 0 Å². The largest absolute Gasteiger partial charge is 0.378 e. The van der Waals surface area contributed by atoms with E-state index < -0.39 is 0 Å². The zero-order valence-electron chi connectivity index (χ0n) is 13.1. The molecule has 21 heavy (non-hydrogen) atoms. The Morgan fingerprint density at radius 2 is 2.05 bits per heavy atom. The summed E-state index contributed by atoms with van der Waals surface area (Å²) in [7, 11) is 5.63. The van der Waals surface area contributed by atoms with Gasteiger partial charge in [0.1, 0.15) is 10.8 Å². The Morgan fingerprint density at radius 1 is 1.29 bits per heavy atom. The molecule has 1 N–H and O–H groups in total. The lowest BCUT2D eigenvalue weighted by Crippen LogP contribution is -2.14. The van der Waals surface area contributed by atoms with Crippen LogP contribution in [-0.4, -0.2) is 36.2 Å². The summed E-state index contributed by atoms with van der Waals surface area (Å²) in [6.45, 7) is 5.23. The van der Waals surface area contributed by atoms with Crippen LogP contribution < -0.4 is 10.2 Å². The van der Waals surface area contributed by atoms with Gasteiger partial charge in [0.15, 0.2) is 0 Å². The molecule has 0 radical (unpaired) electrons. The maximum Gasteiger partial charge on any atom is 0.224 e. The Labute approximate surface area is 129 Å². The van der Waals surface area contributed by atoms with E-state index in [1.165, 1.54) is 4.88 Å². The first-order valence-corrected chi connectivity index (χ1v) is 7.52. The Bertz CT molecular complexity index is 611. The molecule has 0 saturated heterocycles. The van der Waals surface area contributed by atoms with Crippen molar-refractivity contribution in [2.45, 2.75) is 27.0 Å². The Hall–Kier alpha value is -1.73. The number of ether oxygens (including phenoxy) is 1. The summed E-state index contributed by atoms with van der Waals surface area (Å²) >= 11 is 1.65. The van der Waals surface area contributed by atoms with Crippen molar-refractivity contribution in [3.8, 4) is 0 Å². The van der Waals surface area contributed by atoms with E-state index in [-0.39, 0.29) is 0 Å². The van der Waals surface area contributed by atoms with Crippen LogP contribution in [0.1, 0.15) is 21.1 Å². The summed E-state index contributed by atoms with van der Waals surface area (Å²) < 4.78 is 5.11. The average Bonchev–Trinajstić information content (AvgIpc) is 2.78. The predicted molar refractivity (Wildman–Crippen MR) is 86.0 cm³/mol. The Morgan fingerprint density at radius 3 is 2.71 bits per heavy atom. The summed E-state index contributed by atoms with van der Waals surface area (Å²) in [6.07, 6.45) is 1.83. The predicted octanol–water partition coefficient (Wildman–Crippen LogP) is 2.37. The summed E-state index contributed by atoms with van der Waals surface area (Å²) in [5.74, 6) is 1.55. The lowest BCUT2D eigenvalue weighted by atomic mass is 10.3. The molecule has 0 unspecified atom stereocenters. The van der Waals surface area contributed by atoms with Gasteiger partial charge in [0.05, 0.1) is 18.8 Å². The SMILES string of the molecule is COCc1nc(C)c(CNc2ncc(C)c(N(C)C)n2)s1. The van der Waals surface area contributed by atoms with E-state index in [0.29, 0.717) is 19.1 Å². The molecule has 0 spiro atoms. The van der Waals surface area contributed by atoms with Gasteiger partial charge in [-0.3, -0.25) is 0 Å². The van der Waals surface area contributed by atoms with Crippen LogP contribution in [0.15, 0.2) is 6.20 Å². The molecule has 2 aromatic heterocycles. The number of methoxy groups -OCH3 is 1. The van der Waals surface area contributed by atoms with Gasteiger partial charge in [-0.2, -0.15) is 4.98 Å². The van der Waals surface area contributed by atoms with Crippen LogP contribution in [0, 0.1) is 13.8 Å². The van der Waals surface area contributed by atoms with Crippen LogP contribution in [-0.2, 0) is 17.9 Å². The van der Waals surface area contributed by atoms with Gasteiger partial charge in [0.2, 0.25) is 5.95 Å². The number of hydrogen-bond acceptors (Lipinski definition) is 7. The van der Waals surface area contributed by atoms with E-state index in [0.717, 1.165) is 22.1 Å². The fourth-order valence-electron chi connectivity index (χ4n) is 1.97. The topological polar surface area (TPSA) is 63.2 Å². The minimum atomic E-state index is 0.553. The quantitative estimate of drug-likeness (QED) is 0.884. The molecular weight excluding hydrogens is 286 g/mol. The Kier molecular flexibility index (Phi) is 5.08. The molecule has 0 amide bonds. The zero-order valence-corrected chi connectivity index (χ0v) is 13.9. The highest BCUT2D eigenvalue weighted by molar-refractivity contribution is 7.11. The van der Waals surface area contributed by atoms with Crippen molar-refractivity contribution in [1.29, 1.82) is 0 Å².